The Morgan fingerprint density at radius 3 is 2.59 bits per heavy atom. The van der Waals surface area contributed by atoms with Crippen LogP contribution in [0, 0.1) is 5.82 Å². The van der Waals surface area contributed by atoms with Crippen molar-refractivity contribution < 1.29 is 22.3 Å². The number of halogens is 1. The third-order valence-electron chi connectivity index (χ3n) is 5.62. The Kier molecular flexibility index (Phi) is 5.42. The van der Waals surface area contributed by atoms with Crippen molar-refractivity contribution in [3.63, 3.8) is 0 Å². The molecule has 0 aromatic heterocycles. The number of benzene rings is 2. The monoisotopic (exact) mass is 418 g/mol. The largest absolute Gasteiger partial charge is 0.379 e. The quantitative estimate of drug-likeness (QED) is 0.765. The van der Waals surface area contributed by atoms with Gasteiger partial charge < -0.3 is 9.64 Å². The maximum atomic E-state index is 13.6. The number of nitrogens with zero attached hydrogens (tertiary/aromatic N) is 2. The highest BCUT2D eigenvalue weighted by molar-refractivity contribution is 7.89. The van der Waals surface area contributed by atoms with Gasteiger partial charge in [0.15, 0.2) is 0 Å². The number of carbonyl (C=O) groups excluding carboxylic acids is 1. The Labute approximate surface area is 169 Å². The number of hydrogen-bond acceptors (Lipinski definition) is 4. The van der Waals surface area contributed by atoms with Crippen molar-refractivity contribution >= 4 is 15.9 Å². The second kappa shape index (κ2) is 7.85. The number of rotatable bonds is 4. The maximum absolute atomic E-state index is 13.6. The van der Waals surface area contributed by atoms with E-state index in [-0.39, 0.29) is 36.9 Å². The summed E-state index contributed by atoms with van der Waals surface area (Å²) < 4.78 is 47.0. The van der Waals surface area contributed by atoms with E-state index in [2.05, 4.69) is 0 Å². The number of amides is 1. The van der Waals surface area contributed by atoms with E-state index in [9.17, 15) is 17.6 Å². The first-order valence-electron chi connectivity index (χ1n) is 9.59. The van der Waals surface area contributed by atoms with Gasteiger partial charge in [0, 0.05) is 32.7 Å². The molecule has 2 aliphatic heterocycles. The molecule has 2 aliphatic rings. The number of sulfonamides is 1. The van der Waals surface area contributed by atoms with Gasteiger partial charge in [-0.25, -0.2) is 12.8 Å². The molecule has 8 heteroatoms. The predicted octanol–water partition coefficient (Wildman–Crippen LogP) is 2.41. The van der Waals surface area contributed by atoms with Gasteiger partial charge in [-0.15, -0.1) is 0 Å². The van der Waals surface area contributed by atoms with Gasteiger partial charge in [-0.2, -0.15) is 4.31 Å². The van der Waals surface area contributed by atoms with Crippen LogP contribution in [0.15, 0.2) is 59.5 Å². The van der Waals surface area contributed by atoms with Gasteiger partial charge in [0.25, 0.3) is 0 Å². The van der Waals surface area contributed by atoms with Gasteiger partial charge in [0.2, 0.25) is 15.9 Å². The molecule has 1 amide bonds. The van der Waals surface area contributed by atoms with Crippen molar-refractivity contribution in [2.45, 2.75) is 29.8 Å². The molecule has 4 rings (SSSR count). The molecular formula is C21H23FN2O4S. The minimum atomic E-state index is -3.93. The van der Waals surface area contributed by atoms with Crippen LogP contribution in [0.2, 0.25) is 0 Å². The van der Waals surface area contributed by atoms with Gasteiger partial charge in [-0.1, -0.05) is 36.4 Å². The Bertz CT molecular complexity index is 991. The van der Waals surface area contributed by atoms with Crippen LogP contribution in [0.3, 0.4) is 0 Å². The van der Waals surface area contributed by atoms with Crippen LogP contribution in [0.1, 0.15) is 18.4 Å². The molecule has 154 valence electrons. The Morgan fingerprint density at radius 2 is 1.90 bits per heavy atom. The highest BCUT2D eigenvalue weighted by atomic mass is 32.2. The van der Waals surface area contributed by atoms with E-state index in [1.807, 2.05) is 30.3 Å². The molecule has 1 spiro atoms. The molecule has 2 aromatic rings. The molecule has 2 saturated heterocycles. The first-order valence-corrected chi connectivity index (χ1v) is 11.0. The first kappa shape index (κ1) is 20.0. The molecule has 0 saturated carbocycles. The van der Waals surface area contributed by atoms with Crippen LogP contribution < -0.4 is 0 Å². The van der Waals surface area contributed by atoms with E-state index >= 15 is 0 Å². The summed E-state index contributed by atoms with van der Waals surface area (Å²) in [6.45, 7) is 1.33. The molecular weight excluding hydrogens is 395 g/mol. The zero-order valence-corrected chi connectivity index (χ0v) is 16.8. The minimum Gasteiger partial charge on any atom is -0.379 e. The normalized spacial score (nSPS) is 23.5. The standard InChI is InChI=1S/C21H23FN2O4S/c22-18-7-4-8-19(13-18)29(26,27)23-11-9-20(25)24(14-17-5-2-1-3-6-17)21(15-23)10-12-28-16-21/h1-8,13H,9-12,14-16H2. The number of carbonyl (C=O) groups is 1. The molecule has 29 heavy (non-hydrogen) atoms. The Hall–Kier alpha value is -2.29. The molecule has 1 unspecified atom stereocenters. The summed E-state index contributed by atoms with van der Waals surface area (Å²) in [4.78, 5) is 14.7. The fraction of sp³-hybridized carbons (Fsp3) is 0.381. The minimum absolute atomic E-state index is 0.0602. The third-order valence-corrected chi connectivity index (χ3v) is 7.46. The summed E-state index contributed by atoms with van der Waals surface area (Å²) in [5.41, 5.74) is 0.248. The Balaban J connectivity index is 1.68. The summed E-state index contributed by atoms with van der Waals surface area (Å²) >= 11 is 0. The molecule has 0 radical (unpaired) electrons. The van der Waals surface area contributed by atoms with E-state index in [0.29, 0.717) is 19.6 Å². The van der Waals surface area contributed by atoms with E-state index in [1.54, 1.807) is 4.90 Å². The predicted molar refractivity (Wildman–Crippen MR) is 105 cm³/mol. The lowest BCUT2D eigenvalue weighted by molar-refractivity contribution is -0.137. The second-order valence-electron chi connectivity index (χ2n) is 7.54. The van der Waals surface area contributed by atoms with Crippen LogP contribution >= 0.6 is 0 Å². The maximum Gasteiger partial charge on any atom is 0.243 e. The lowest BCUT2D eigenvalue weighted by Crippen LogP contribution is -2.56. The lowest BCUT2D eigenvalue weighted by atomic mass is 9.95. The average molecular weight is 418 g/mol. The molecule has 2 aromatic carbocycles. The van der Waals surface area contributed by atoms with Crippen molar-refractivity contribution in [3.8, 4) is 0 Å². The van der Waals surface area contributed by atoms with E-state index in [4.69, 9.17) is 4.74 Å². The summed E-state index contributed by atoms with van der Waals surface area (Å²) in [7, 11) is -3.93. The fourth-order valence-corrected chi connectivity index (χ4v) is 5.60. The molecule has 0 N–H and O–H groups in total. The van der Waals surface area contributed by atoms with Gasteiger partial charge in [0.1, 0.15) is 5.82 Å². The van der Waals surface area contributed by atoms with Crippen LogP contribution in [-0.4, -0.2) is 55.4 Å². The zero-order valence-electron chi connectivity index (χ0n) is 16.0. The van der Waals surface area contributed by atoms with Crippen LogP contribution in [0.4, 0.5) is 4.39 Å². The van der Waals surface area contributed by atoms with Gasteiger partial charge in [0.05, 0.1) is 17.0 Å². The van der Waals surface area contributed by atoms with Gasteiger partial charge in [-0.05, 0) is 30.2 Å². The summed E-state index contributed by atoms with van der Waals surface area (Å²) in [6, 6.07) is 14.6. The van der Waals surface area contributed by atoms with Crippen LogP contribution in [0.25, 0.3) is 0 Å². The number of ether oxygens (including phenoxy) is 1. The summed E-state index contributed by atoms with van der Waals surface area (Å²) in [5, 5.41) is 0. The molecule has 0 bridgehead atoms. The number of hydrogen-bond donors (Lipinski definition) is 0. The smallest absolute Gasteiger partial charge is 0.243 e. The topological polar surface area (TPSA) is 66.9 Å². The average Bonchev–Trinajstić information content (AvgIpc) is 3.14. The van der Waals surface area contributed by atoms with Crippen LogP contribution in [-0.2, 0) is 26.1 Å². The molecule has 0 aliphatic carbocycles. The highest BCUT2D eigenvalue weighted by Crippen LogP contribution is 2.34. The Morgan fingerprint density at radius 1 is 1.10 bits per heavy atom. The van der Waals surface area contributed by atoms with Gasteiger partial charge >= 0.3 is 0 Å². The van der Waals surface area contributed by atoms with E-state index in [0.717, 1.165) is 11.6 Å². The van der Waals surface area contributed by atoms with Crippen molar-refractivity contribution in [2.75, 3.05) is 26.3 Å². The molecule has 2 heterocycles. The van der Waals surface area contributed by atoms with Crippen molar-refractivity contribution in [2.24, 2.45) is 0 Å². The fourth-order valence-electron chi connectivity index (χ4n) is 4.05. The molecule has 2 fully saturated rings. The summed E-state index contributed by atoms with van der Waals surface area (Å²) in [6.07, 6.45) is 0.629. The van der Waals surface area contributed by atoms with E-state index in [1.165, 1.54) is 22.5 Å². The highest BCUT2D eigenvalue weighted by Gasteiger charge is 2.48. The van der Waals surface area contributed by atoms with Crippen molar-refractivity contribution in [1.82, 2.24) is 9.21 Å². The first-order chi connectivity index (χ1) is 13.9. The SMILES string of the molecule is O=C1CCN(S(=O)(=O)c2cccc(F)c2)CC2(CCOC2)N1Cc1ccccc1. The van der Waals surface area contributed by atoms with Gasteiger partial charge in [-0.3, -0.25) is 4.79 Å². The van der Waals surface area contributed by atoms with Crippen LogP contribution in [0.5, 0.6) is 0 Å². The van der Waals surface area contributed by atoms with E-state index < -0.39 is 21.4 Å². The third kappa shape index (κ3) is 3.92. The van der Waals surface area contributed by atoms with Crippen molar-refractivity contribution in [3.05, 3.63) is 66.0 Å². The zero-order chi connectivity index (χ0) is 20.5. The molecule has 6 nitrogen and oxygen atoms in total. The summed E-state index contributed by atoms with van der Waals surface area (Å²) in [5.74, 6) is -0.710. The molecule has 1 atom stereocenters. The second-order valence-corrected chi connectivity index (χ2v) is 9.48. The lowest BCUT2D eigenvalue weighted by Gasteiger charge is -2.40. The van der Waals surface area contributed by atoms with Crippen molar-refractivity contribution in [1.29, 1.82) is 0 Å².